The Bertz CT molecular complexity index is 984. The lowest BCUT2D eigenvalue weighted by atomic mass is 9.74. The molecule has 0 spiro atoms. The van der Waals surface area contributed by atoms with Crippen LogP contribution in [0.4, 0.5) is 18.9 Å². The highest BCUT2D eigenvalue weighted by atomic mass is 19.4. The maximum Gasteiger partial charge on any atom is 0.418 e. The molecule has 1 aromatic heterocycles. The highest BCUT2D eigenvalue weighted by Gasteiger charge is 2.56. The number of fused-ring (bicyclic) bond motifs is 1. The van der Waals surface area contributed by atoms with E-state index in [1.54, 1.807) is 56.3 Å². The van der Waals surface area contributed by atoms with Gasteiger partial charge < -0.3 is 15.2 Å². The molecule has 0 aliphatic rings. The molecule has 1 heterocycles. The first-order valence-electron chi connectivity index (χ1n) is 9.16. The van der Waals surface area contributed by atoms with Crippen molar-refractivity contribution in [2.45, 2.75) is 37.5 Å². The minimum atomic E-state index is -4.83. The van der Waals surface area contributed by atoms with Crippen LogP contribution in [-0.2, 0) is 5.41 Å². The van der Waals surface area contributed by atoms with E-state index in [9.17, 15) is 18.3 Å². The number of aromatic nitrogens is 2. The van der Waals surface area contributed by atoms with E-state index in [1.807, 2.05) is 0 Å². The Morgan fingerprint density at radius 1 is 1.10 bits per heavy atom. The molecular weight excluding hydrogens is 383 g/mol. The van der Waals surface area contributed by atoms with Gasteiger partial charge in [0, 0.05) is 11.1 Å². The minimum Gasteiger partial charge on any atom is -0.496 e. The average Bonchev–Trinajstić information content (AvgIpc) is 3.14. The zero-order chi connectivity index (χ0) is 21.3. The van der Waals surface area contributed by atoms with Gasteiger partial charge in [-0.15, -0.1) is 0 Å². The summed E-state index contributed by atoms with van der Waals surface area (Å²) in [6.45, 7) is 2.64. The summed E-state index contributed by atoms with van der Waals surface area (Å²) in [7, 11) is 1.47. The van der Waals surface area contributed by atoms with Crippen LogP contribution in [0, 0.1) is 0 Å². The van der Waals surface area contributed by atoms with Gasteiger partial charge in [-0.1, -0.05) is 38.1 Å². The Morgan fingerprint density at radius 2 is 1.83 bits per heavy atom. The number of anilines is 1. The van der Waals surface area contributed by atoms with Crippen molar-refractivity contribution in [2.24, 2.45) is 0 Å². The quantitative estimate of drug-likeness (QED) is 0.534. The number of aromatic amines is 1. The van der Waals surface area contributed by atoms with Gasteiger partial charge in [-0.25, -0.2) is 0 Å². The van der Waals surface area contributed by atoms with E-state index >= 15 is 0 Å². The second-order valence-electron chi connectivity index (χ2n) is 7.78. The van der Waals surface area contributed by atoms with Crippen molar-refractivity contribution < 1.29 is 23.0 Å². The molecule has 0 saturated carbocycles. The van der Waals surface area contributed by atoms with E-state index in [-0.39, 0.29) is 0 Å². The number of benzene rings is 2. The molecule has 3 aromatic rings. The number of ether oxygens (including phenoxy) is 1. The van der Waals surface area contributed by atoms with Gasteiger partial charge in [0.2, 0.25) is 0 Å². The van der Waals surface area contributed by atoms with Gasteiger partial charge >= 0.3 is 6.18 Å². The van der Waals surface area contributed by atoms with Crippen molar-refractivity contribution in [1.29, 1.82) is 0 Å². The van der Waals surface area contributed by atoms with Gasteiger partial charge in [-0.05, 0) is 35.6 Å². The fourth-order valence-electron chi connectivity index (χ4n) is 3.66. The number of hydrogen-bond acceptors (Lipinski definition) is 4. The lowest BCUT2D eigenvalue weighted by Gasteiger charge is -2.38. The first-order chi connectivity index (χ1) is 13.6. The van der Waals surface area contributed by atoms with Crippen molar-refractivity contribution in [1.82, 2.24) is 10.2 Å². The number of alkyl halides is 3. The number of H-pyrrole nitrogens is 1. The van der Waals surface area contributed by atoms with Crippen LogP contribution in [0.25, 0.3) is 10.9 Å². The molecule has 5 nitrogen and oxygen atoms in total. The molecule has 0 bridgehead atoms. The third-order valence-corrected chi connectivity index (χ3v) is 5.15. The Kier molecular flexibility index (Phi) is 5.49. The minimum absolute atomic E-state index is 0.467. The Balaban J connectivity index is 1.89. The summed E-state index contributed by atoms with van der Waals surface area (Å²) < 4.78 is 47.2. The molecule has 8 heteroatoms. The van der Waals surface area contributed by atoms with Crippen molar-refractivity contribution >= 4 is 16.6 Å². The monoisotopic (exact) mass is 407 g/mol. The van der Waals surface area contributed by atoms with Crippen molar-refractivity contribution in [3.8, 4) is 5.75 Å². The fourth-order valence-corrected chi connectivity index (χ4v) is 3.66. The van der Waals surface area contributed by atoms with E-state index in [2.05, 4.69) is 15.5 Å². The predicted octanol–water partition coefficient (Wildman–Crippen LogP) is 4.64. The molecule has 3 rings (SSSR count). The van der Waals surface area contributed by atoms with Crippen LogP contribution in [0.3, 0.4) is 0 Å². The molecule has 0 aliphatic heterocycles. The molecule has 1 unspecified atom stereocenters. The molecule has 2 aromatic carbocycles. The Hall–Kier alpha value is -2.74. The van der Waals surface area contributed by atoms with Gasteiger partial charge in [-0.2, -0.15) is 18.3 Å². The summed E-state index contributed by atoms with van der Waals surface area (Å²) in [5.41, 5.74) is -2.19. The molecule has 0 saturated heterocycles. The number of aliphatic hydroxyl groups is 1. The van der Waals surface area contributed by atoms with Crippen LogP contribution in [-0.4, -0.2) is 40.7 Å². The molecule has 0 fully saturated rings. The van der Waals surface area contributed by atoms with Crippen molar-refractivity contribution in [2.75, 3.05) is 19.0 Å². The standard InChI is InChI=1S/C21H24F3N3O2/c1-19(2,15-7-4-5-10-18(15)29-3)12-20(28,21(22,23)24)13-25-16-8-6-9-17-14(16)11-26-27-17/h4-11,25,28H,12-13H2,1-3H3,(H,26,27). The second kappa shape index (κ2) is 7.59. The van der Waals surface area contributed by atoms with E-state index in [0.717, 1.165) is 0 Å². The van der Waals surface area contributed by atoms with Crippen LogP contribution >= 0.6 is 0 Å². The van der Waals surface area contributed by atoms with Gasteiger partial charge in [0.25, 0.3) is 0 Å². The summed E-state index contributed by atoms with van der Waals surface area (Å²) in [4.78, 5) is 0. The summed E-state index contributed by atoms with van der Waals surface area (Å²) in [6.07, 6.45) is -3.84. The lowest BCUT2D eigenvalue weighted by molar-refractivity contribution is -0.260. The maximum atomic E-state index is 13.9. The number of halogens is 3. The number of rotatable bonds is 7. The normalized spacial score (nSPS) is 14.6. The molecule has 29 heavy (non-hydrogen) atoms. The average molecular weight is 407 g/mol. The van der Waals surface area contributed by atoms with Gasteiger partial charge in [-0.3, -0.25) is 5.10 Å². The van der Waals surface area contributed by atoms with Gasteiger partial charge in [0.1, 0.15) is 5.75 Å². The molecule has 0 aliphatic carbocycles. The molecule has 0 amide bonds. The summed E-state index contributed by atoms with van der Waals surface area (Å²) in [6, 6.07) is 12.0. The zero-order valence-corrected chi connectivity index (χ0v) is 16.5. The Morgan fingerprint density at radius 3 is 2.52 bits per heavy atom. The number of nitrogens with one attached hydrogen (secondary N) is 2. The summed E-state index contributed by atoms with van der Waals surface area (Å²) >= 11 is 0. The third kappa shape index (κ3) is 4.17. The van der Waals surface area contributed by atoms with Crippen LogP contribution in [0.2, 0.25) is 0 Å². The largest absolute Gasteiger partial charge is 0.496 e. The van der Waals surface area contributed by atoms with E-state index in [0.29, 0.717) is 27.9 Å². The summed E-state index contributed by atoms with van der Waals surface area (Å²) in [5, 5.41) is 20.8. The van der Waals surface area contributed by atoms with Crippen LogP contribution in [0.5, 0.6) is 5.75 Å². The van der Waals surface area contributed by atoms with Crippen LogP contribution in [0.1, 0.15) is 25.8 Å². The highest BCUT2D eigenvalue weighted by molar-refractivity contribution is 5.90. The maximum absolute atomic E-state index is 13.9. The lowest BCUT2D eigenvalue weighted by Crippen LogP contribution is -2.53. The molecular formula is C21H24F3N3O2. The second-order valence-corrected chi connectivity index (χ2v) is 7.78. The fraction of sp³-hybridized carbons (Fsp3) is 0.381. The van der Waals surface area contributed by atoms with E-state index < -0.39 is 30.2 Å². The molecule has 3 N–H and O–H groups in total. The Labute approximate surface area is 166 Å². The van der Waals surface area contributed by atoms with E-state index in [4.69, 9.17) is 4.74 Å². The number of methoxy groups -OCH3 is 1. The molecule has 1 atom stereocenters. The highest BCUT2D eigenvalue weighted by Crippen LogP contribution is 2.43. The summed E-state index contributed by atoms with van der Waals surface area (Å²) in [5.74, 6) is 0.484. The molecule has 0 radical (unpaired) electrons. The number of nitrogens with zero attached hydrogens (tertiary/aromatic N) is 1. The van der Waals surface area contributed by atoms with Crippen LogP contribution in [0.15, 0.2) is 48.7 Å². The first kappa shape index (κ1) is 21.0. The topological polar surface area (TPSA) is 70.2 Å². The third-order valence-electron chi connectivity index (χ3n) is 5.15. The predicted molar refractivity (Wildman–Crippen MR) is 106 cm³/mol. The van der Waals surface area contributed by atoms with Gasteiger partial charge in [0.05, 0.1) is 25.4 Å². The van der Waals surface area contributed by atoms with E-state index in [1.165, 1.54) is 13.3 Å². The smallest absolute Gasteiger partial charge is 0.418 e. The SMILES string of the molecule is COc1ccccc1C(C)(C)CC(O)(CNc1cccc2[nH]ncc12)C(F)(F)F. The van der Waals surface area contributed by atoms with Crippen molar-refractivity contribution in [3.05, 3.63) is 54.2 Å². The van der Waals surface area contributed by atoms with Crippen molar-refractivity contribution in [3.63, 3.8) is 0 Å². The number of hydrogen-bond donors (Lipinski definition) is 3. The first-order valence-corrected chi connectivity index (χ1v) is 9.16. The van der Waals surface area contributed by atoms with Gasteiger partial charge in [0.15, 0.2) is 5.60 Å². The zero-order valence-electron chi connectivity index (χ0n) is 16.5. The molecule has 156 valence electrons. The number of para-hydroxylation sites is 1. The van der Waals surface area contributed by atoms with Crippen LogP contribution < -0.4 is 10.1 Å².